The van der Waals surface area contributed by atoms with Crippen molar-refractivity contribution in [1.29, 1.82) is 0 Å². The number of esters is 1. The highest BCUT2D eigenvalue weighted by Crippen LogP contribution is 2.36. The number of ether oxygens (including phenoxy) is 2. The summed E-state index contributed by atoms with van der Waals surface area (Å²) in [6.45, 7) is 10.2. The fraction of sp³-hybridized carbons (Fsp3) is 0.265. The number of hydrogen-bond acceptors (Lipinski definition) is 6. The molecule has 1 aliphatic rings. The van der Waals surface area contributed by atoms with Gasteiger partial charge in [-0.15, -0.1) is 0 Å². The summed E-state index contributed by atoms with van der Waals surface area (Å²) in [5, 5.41) is 0. The van der Waals surface area contributed by atoms with E-state index in [-0.39, 0.29) is 18.3 Å². The Hall–Kier alpha value is -2.77. The number of carbonyl (C=O) groups excluding carboxylic acids is 1. The topological polar surface area (TPSA) is 69.9 Å². The number of nitrogens with zero attached hydrogens (tertiary/aromatic N) is 2. The third kappa shape index (κ3) is 6.68. The lowest BCUT2D eigenvalue weighted by Crippen LogP contribution is -2.40. The van der Waals surface area contributed by atoms with Crippen LogP contribution in [-0.2, 0) is 9.53 Å². The minimum absolute atomic E-state index is 0.0312. The van der Waals surface area contributed by atoms with Gasteiger partial charge >= 0.3 is 5.97 Å². The van der Waals surface area contributed by atoms with Crippen molar-refractivity contribution in [2.45, 2.75) is 52.7 Å². The van der Waals surface area contributed by atoms with E-state index in [0.717, 1.165) is 29.6 Å². The highest BCUT2D eigenvalue weighted by molar-refractivity contribution is 14.1. The molecule has 1 aliphatic heterocycles. The first kappa shape index (κ1) is 31.6. The maximum atomic E-state index is 14.3. The molecule has 0 amide bonds. The fourth-order valence-electron chi connectivity index (χ4n) is 5.01. The van der Waals surface area contributed by atoms with E-state index < -0.39 is 12.0 Å². The quantitative estimate of drug-likeness (QED) is 0.141. The van der Waals surface area contributed by atoms with Crippen LogP contribution in [0.25, 0.3) is 11.8 Å². The first-order valence-electron chi connectivity index (χ1n) is 14.1. The summed E-state index contributed by atoms with van der Waals surface area (Å²) in [4.78, 5) is 33.5. The Kier molecular flexibility index (Phi) is 9.92. The standard InChI is InChI=1S/C34H32I2N2O4S/c1-6-41-33(40)28-29(22-10-8-7-9-11-22)37-34-38(30(28)23-14-12-21(13-15-23)19(2)3)32(39)27(43-34)17-24-16-25(35)18-26(36)31(24)42-20(4)5/h7-20,30H,6H2,1-5H3/b27-17-/t30-/m0/s1. The number of hydrogen-bond donors (Lipinski definition) is 0. The maximum Gasteiger partial charge on any atom is 0.338 e. The number of carbonyl (C=O) groups is 1. The first-order chi connectivity index (χ1) is 20.6. The molecule has 0 radical (unpaired) electrons. The average molecular weight is 819 g/mol. The van der Waals surface area contributed by atoms with Crippen LogP contribution in [0.1, 0.15) is 68.8 Å². The molecule has 4 aromatic rings. The first-order valence-corrected chi connectivity index (χ1v) is 17.1. The summed E-state index contributed by atoms with van der Waals surface area (Å²) in [7, 11) is 0. The van der Waals surface area contributed by atoms with Crippen LogP contribution >= 0.6 is 56.5 Å². The van der Waals surface area contributed by atoms with Gasteiger partial charge in [-0.05, 0) is 101 Å². The SMILES string of the molecule is CCOC(=O)C1=C(c2ccccc2)N=c2s/c(=C\c3cc(I)cc(I)c3OC(C)C)c(=O)n2[C@H]1c1ccc(C(C)C)cc1. The maximum absolute atomic E-state index is 14.3. The van der Waals surface area contributed by atoms with Crippen LogP contribution in [0.15, 0.2) is 82.1 Å². The molecule has 0 aliphatic carbocycles. The summed E-state index contributed by atoms with van der Waals surface area (Å²) >= 11 is 5.86. The predicted molar refractivity (Wildman–Crippen MR) is 189 cm³/mol. The minimum Gasteiger partial charge on any atom is -0.489 e. The van der Waals surface area contributed by atoms with Gasteiger partial charge in [0.2, 0.25) is 0 Å². The average Bonchev–Trinajstić information content (AvgIpc) is 3.28. The van der Waals surface area contributed by atoms with Crippen molar-refractivity contribution < 1.29 is 14.3 Å². The van der Waals surface area contributed by atoms with Gasteiger partial charge in [-0.3, -0.25) is 9.36 Å². The van der Waals surface area contributed by atoms with Gasteiger partial charge in [-0.2, -0.15) is 0 Å². The molecule has 9 heteroatoms. The van der Waals surface area contributed by atoms with E-state index in [1.165, 1.54) is 16.9 Å². The number of rotatable bonds is 8. The molecule has 0 saturated heterocycles. The Morgan fingerprint density at radius 2 is 1.74 bits per heavy atom. The van der Waals surface area contributed by atoms with Gasteiger partial charge in [-0.1, -0.05) is 79.8 Å². The summed E-state index contributed by atoms with van der Waals surface area (Å²) in [6, 6.07) is 21.1. The van der Waals surface area contributed by atoms with Gasteiger partial charge in [0.1, 0.15) is 5.75 Å². The Morgan fingerprint density at radius 1 is 1.05 bits per heavy atom. The van der Waals surface area contributed by atoms with Gasteiger partial charge in [0, 0.05) is 14.7 Å². The second-order valence-electron chi connectivity index (χ2n) is 10.7. The van der Waals surface area contributed by atoms with Crippen molar-refractivity contribution in [2.24, 2.45) is 4.99 Å². The molecular formula is C34H32I2N2O4S. The zero-order valence-electron chi connectivity index (χ0n) is 24.6. The molecule has 0 N–H and O–H groups in total. The predicted octanol–water partition coefficient (Wildman–Crippen LogP) is 7.06. The molecular weight excluding hydrogens is 786 g/mol. The number of fused-ring (bicyclic) bond motifs is 1. The molecule has 222 valence electrons. The van der Waals surface area contributed by atoms with Crippen LogP contribution < -0.4 is 19.6 Å². The van der Waals surface area contributed by atoms with Crippen molar-refractivity contribution in [3.63, 3.8) is 0 Å². The van der Waals surface area contributed by atoms with E-state index in [9.17, 15) is 9.59 Å². The molecule has 1 atom stereocenters. The van der Waals surface area contributed by atoms with Crippen molar-refractivity contribution in [3.8, 4) is 5.75 Å². The van der Waals surface area contributed by atoms with Gasteiger partial charge in [-0.25, -0.2) is 9.79 Å². The third-order valence-corrected chi connectivity index (χ3v) is 9.38. The molecule has 0 unspecified atom stereocenters. The van der Waals surface area contributed by atoms with Crippen LogP contribution in [-0.4, -0.2) is 23.2 Å². The largest absolute Gasteiger partial charge is 0.489 e. The van der Waals surface area contributed by atoms with E-state index in [4.69, 9.17) is 14.5 Å². The molecule has 1 aromatic heterocycles. The van der Waals surface area contributed by atoms with Crippen LogP contribution in [0.2, 0.25) is 0 Å². The lowest BCUT2D eigenvalue weighted by molar-refractivity contribution is -0.138. The number of thiazole rings is 1. The summed E-state index contributed by atoms with van der Waals surface area (Å²) in [5.41, 5.74) is 4.23. The Labute approximate surface area is 282 Å². The van der Waals surface area contributed by atoms with Crippen LogP contribution in [0.4, 0.5) is 0 Å². The summed E-state index contributed by atoms with van der Waals surface area (Å²) in [5.74, 6) is 0.590. The highest BCUT2D eigenvalue weighted by atomic mass is 127. The molecule has 6 nitrogen and oxygen atoms in total. The molecule has 0 bridgehead atoms. The second-order valence-corrected chi connectivity index (χ2v) is 14.1. The van der Waals surface area contributed by atoms with Crippen molar-refractivity contribution >= 4 is 74.3 Å². The lowest BCUT2D eigenvalue weighted by Gasteiger charge is -2.26. The van der Waals surface area contributed by atoms with E-state index in [2.05, 4.69) is 77.2 Å². The second kappa shape index (κ2) is 13.5. The highest BCUT2D eigenvalue weighted by Gasteiger charge is 2.35. The van der Waals surface area contributed by atoms with E-state index >= 15 is 0 Å². The van der Waals surface area contributed by atoms with Crippen molar-refractivity contribution in [1.82, 2.24) is 4.57 Å². The van der Waals surface area contributed by atoms with Crippen molar-refractivity contribution in [2.75, 3.05) is 6.61 Å². The molecule has 43 heavy (non-hydrogen) atoms. The molecule has 2 heterocycles. The summed E-state index contributed by atoms with van der Waals surface area (Å²) in [6.07, 6.45) is 1.84. The Balaban J connectivity index is 1.82. The zero-order chi connectivity index (χ0) is 30.8. The molecule has 5 rings (SSSR count). The van der Waals surface area contributed by atoms with Gasteiger partial charge in [0.25, 0.3) is 5.56 Å². The Bertz CT molecular complexity index is 1870. The third-order valence-electron chi connectivity index (χ3n) is 6.97. The summed E-state index contributed by atoms with van der Waals surface area (Å²) < 4.78 is 15.9. The monoisotopic (exact) mass is 818 g/mol. The lowest BCUT2D eigenvalue weighted by atomic mass is 9.91. The molecule has 3 aromatic carbocycles. The van der Waals surface area contributed by atoms with Gasteiger partial charge < -0.3 is 9.47 Å². The molecule has 0 spiro atoms. The van der Waals surface area contributed by atoms with Crippen LogP contribution in [0, 0.1) is 7.14 Å². The Morgan fingerprint density at radius 3 is 2.37 bits per heavy atom. The fourth-order valence-corrected chi connectivity index (χ4v) is 8.02. The van der Waals surface area contributed by atoms with Crippen molar-refractivity contribution in [3.05, 3.63) is 121 Å². The molecule has 0 fully saturated rings. The van der Waals surface area contributed by atoms with Gasteiger partial charge in [0.15, 0.2) is 4.80 Å². The normalized spacial score (nSPS) is 15.1. The van der Waals surface area contributed by atoms with E-state index in [1.54, 1.807) is 11.5 Å². The van der Waals surface area contributed by atoms with Gasteiger partial charge in [0.05, 0.1) is 38.1 Å². The van der Waals surface area contributed by atoms with Crippen LogP contribution in [0.5, 0.6) is 5.75 Å². The zero-order valence-corrected chi connectivity index (χ0v) is 29.7. The minimum atomic E-state index is -0.712. The number of aromatic nitrogens is 1. The molecule has 0 saturated carbocycles. The van der Waals surface area contributed by atoms with E-state index in [1.807, 2.05) is 68.5 Å². The number of benzene rings is 3. The number of halogens is 2. The van der Waals surface area contributed by atoms with Crippen LogP contribution in [0.3, 0.4) is 0 Å². The van der Waals surface area contributed by atoms with E-state index in [0.29, 0.717) is 26.5 Å². The smallest absolute Gasteiger partial charge is 0.338 e.